The molecule has 1 aromatic rings. The minimum atomic E-state index is -0.676. The molecule has 5 amide bonds. The molecule has 1 fully saturated rings. The van der Waals surface area contributed by atoms with Gasteiger partial charge in [0.2, 0.25) is 23.4 Å². The summed E-state index contributed by atoms with van der Waals surface area (Å²) in [6, 6.07) is 4.54. The summed E-state index contributed by atoms with van der Waals surface area (Å²) in [7, 11) is 2.05. The number of fused-ring (bicyclic) bond motifs is 1. The lowest BCUT2D eigenvalue weighted by molar-refractivity contribution is -0.137. The molecule has 0 aliphatic carbocycles. The number of rotatable bonds is 9. The minimum Gasteiger partial charge on any atom is -0.376 e. The molecule has 0 spiro atoms. The van der Waals surface area contributed by atoms with E-state index in [-0.39, 0.29) is 42.9 Å². The summed E-state index contributed by atoms with van der Waals surface area (Å²) in [6.45, 7) is 1.35. The van der Waals surface area contributed by atoms with E-state index in [4.69, 9.17) is 0 Å². The Bertz CT molecular complexity index is 906. The number of hydrogen-bond acceptors (Lipinski definition) is 6. The summed E-state index contributed by atoms with van der Waals surface area (Å²) in [6.07, 6.45) is 2.01. The van der Waals surface area contributed by atoms with Gasteiger partial charge in [-0.2, -0.15) is 0 Å². The number of nitrogens with one attached hydrogen (secondary N) is 4. The Labute approximate surface area is 182 Å². The molecule has 166 valence electrons. The number of anilines is 1. The fourth-order valence-electron chi connectivity index (χ4n) is 3.68. The Balaban J connectivity index is 1.51. The number of hydrogen-bond donors (Lipinski definition) is 4. The molecule has 4 N–H and O–H groups in total. The predicted molar refractivity (Wildman–Crippen MR) is 116 cm³/mol. The maximum Gasteiger partial charge on any atom is 0.255 e. The Morgan fingerprint density at radius 3 is 2.58 bits per heavy atom. The van der Waals surface area contributed by atoms with Crippen LogP contribution >= 0.6 is 9.24 Å². The second kappa shape index (κ2) is 10.3. The number of unbranched alkanes of at least 4 members (excludes halogenated alkanes) is 1. The molecule has 0 aromatic heterocycles. The van der Waals surface area contributed by atoms with Gasteiger partial charge in [-0.25, -0.2) is 0 Å². The Hall–Kier alpha value is -3.00. The maximum absolute atomic E-state index is 12.8. The third-order valence-corrected chi connectivity index (χ3v) is 5.45. The van der Waals surface area contributed by atoms with Crippen molar-refractivity contribution in [3.05, 3.63) is 29.3 Å². The number of carbonyl (C=O) groups excluding carboxylic acids is 5. The van der Waals surface area contributed by atoms with Crippen LogP contribution in [-0.2, 0) is 20.9 Å². The van der Waals surface area contributed by atoms with E-state index in [0.717, 1.165) is 18.4 Å². The normalized spacial score (nSPS) is 17.8. The number of amides is 5. The fourth-order valence-corrected chi connectivity index (χ4v) is 3.82. The first-order valence-corrected chi connectivity index (χ1v) is 10.7. The highest BCUT2D eigenvalue weighted by molar-refractivity contribution is 7.39. The van der Waals surface area contributed by atoms with E-state index in [2.05, 4.69) is 21.3 Å². The molecule has 1 saturated heterocycles. The molecule has 2 aliphatic heterocycles. The van der Waals surface area contributed by atoms with Crippen molar-refractivity contribution >= 4 is 44.2 Å². The number of benzene rings is 1. The first kappa shape index (κ1) is 22.7. The first-order valence-electron chi connectivity index (χ1n) is 10.2. The van der Waals surface area contributed by atoms with Crippen molar-refractivity contribution in [2.24, 2.45) is 0 Å². The topological polar surface area (TPSA) is 137 Å². The molecule has 10 nitrogen and oxygen atoms in total. The summed E-state index contributed by atoms with van der Waals surface area (Å²) in [5.41, 5.74) is 1.74. The Morgan fingerprint density at radius 2 is 1.87 bits per heavy atom. The number of imide groups is 1. The lowest BCUT2D eigenvalue weighted by atomic mass is 10.0. The van der Waals surface area contributed by atoms with Gasteiger partial charge in [0.15, 0.2) is 0 Å². The average Bonchev–Trinajstić information content (AvgIpc) is 3.06. The van der Waals surface area contributed by atoms with Gasteiger partial charge >= 0.3 is 0 Å². The highest BCUT2D eigenvalue weighted by Gasteiger charge is 2.39. The molecule has 2 aliphatic rings. The predicted octanol–water partition coefficient (Wildman–Crippen LogP) is 0.341. The van der Waals surface area contributed by atoms with Crippen molar-refractivity contribution in [1.29, 1.82) is 0 Å². The van der Waals surface area contributed by atoms with E-state index in [1.807, 2.05) is 9.24 Å². The summed E-state index contributed by atoms with van der Waals surface area (Å²) >= 11 is 0. The van der Waals surface area contributed by atoms with Crippen LogP contribution in [0.25, 0.3) is 0 Å². The van der Waals surface area contributed by atoms with Gasteiger partial charge in [0.1, 0.15) is 6.04 Å². The highest BCUT2D eigenvalue weighted by Crippen LogP contribution is 2.32. The largest absolute Gasteiger partial charge is 0.376 e. The zero-order valence-corrected chi connectivity index (χ0v) is 18.2. The van der Waals surface area contributed by atoms with Gasteiger partial charge in [-0.1, -0.05) is 6.07 Å². The molecule has 2 unspecified atom stereocenters. The van der Waals surface area contributed by atoms with Gasteiger partial charge < -0.3 is 20.9 Å². The van der Waals surface area contributed by atoms with Crippen LogP contribution in [0.5, 0.6) is 0 Å². The zero-order valence-electron chi connectivity index (χ0n) is 17.0. The lowest BCUT2D eigenvalue weighted by Crippen LogP contribution is -2.52. The van der Waals surface area contributed by atoms with Crippen LogP contribution in [0.15, 0.2) is 18.2 Å². The third-order valence-electron chi connectivity index (χ3n) is 5.25. The van der Waals surface area contributed by atoms with Crippen LogP contribution in [0, 0.1) is 0 Å². The van der Waals surface area contributed by atoms with Gasteiger partial charge in [-0.15, -0.1) is 0 Å². The van der Waals surface area contributed by atoms with E-state index >= 15 is 0 Å². The second-order valence-corrected chi connectivity index (χ2v) is 7.96. The molecule has 1 aromatic carbocycles. The van der Waals surface area contributed by atoms with Crippen LogP contribution in [0.1, 0.15) is 41.6 Å². The van der Waals surface area contributed by atoms with E-state index in [9.17, 15) is 24.0 Å². The fraction of sp³-hybridized carbons (Fsp3) is 0.450. The van der Waals surface area contributed by atoms with Crippen molar-refractivity contribution < 1.29 is 24.0 Å². The van der Waals surface area contributed by atoms with E-state index in [1.165, 1.54) is 4.90 Å². The van der Waals surface area contributed by atoms with Crippen molar-refractivity contribution in [1.82, 2.24) is 20.9 Å². The lowest BCUT2D eigenvalue weighted by Gasteiger charge is -2.29. The number of nitrogens with zero attached hydrogens (tertiary/aromatic N) is 1. The van der Waals surface area contributed by atoms with Gasteiger partial charge in [0.25, 0.3) is 5.91 Å². The molecular formula is C20H26N5O5P. The summed E-state index contributed by atoms with van der Waals surface area (Å²) in [5, 5.41) is 10.8. The summed E-state index contributed by atoms with van der Waals surface area (Å²) in [4.78, 5) is 60.7. The highest BCUT2D eigenvalue weighted by atomic mass is 31.0. The quantitative estimate of drug-likeness (QED) is 0.245. The van der Waals surface area contributed by atoms with E-state index < -0.39 is 11.9 Å². The van der Waals surface area contributed by atoms with Gasteiger partial charge in [-0.3, -0.25) is 29.3 Å². The maximum atomic E-state index is 12.8. The van der Waals surface area contributed by atoms with Gasteiger partial charge in [-0.05, 0) is 40.6 Å². The average molecular weight is 447 g/mol. The van der Waals surface area contributed by atoms with Crippen LogP contribution in [-0.4, -0.2) is 59.9 Å². The summed E-state index contributed by atoms with van der Waals surface area (Å²) < 4.78 is 0. The third kappa shape index (κ3) is 5.79. The second-order valence-electron chi connectivity index (χ2n) is 7.43. The monoisotopic (exact) mass is 447 g/mol. The van der Waals surface area contributed by atoms with Crippen molar-refractivity contribution in [3.63, 3.8) is 0 Å². The van der Waals surface area contributed by atoms with Gasteiger partial charge in [0, 0.05) is 42.9 Å². The molecule has 2 heterocycles. The van der Waals surface area contributed by atoms with E-state index in [0.29, 0.717) is 30.8 Å². The molecule has 31 heavy (non-hydrogen) atoms. The SMILES string of the molecule is O=C(P)NCCCCNC(=O)CNc1cccc2c1CN(C1CCC(=O)NC1=O)C2=O. The molecule has 11 heteroatoms. The minimum absolute atomic E-state index is 0.0470. The molecule has 0 radical (unpaired) electrons. The Morgan fingerprint density at radius 1 is 1.13 bits per heavy atom. The molecule has 2 atom stereocenters. The first-order chi connectivity index (χ1) is 14.9. The van der Waals surface area contributed by atoms with Crippen LogP contribution in [0.4, 0.5) is 10.5 Å². The number of carbonyl (C=O) groups is 5. The standard InChI is InChI=1S/C20H26N5O5P/c26-16-7-6-15(18(28)24-16)25-11-13-12(19(25)29)4-3-5-14(13)23-10-17(27)21-8-1-2-9-22-20(30)31/h3-5,15,23H,1-2,6-11,31H2,(H,21,27)(H,22,30)(H,24,26,28). The zero-order chi connectivity index (χ0) is 22.4. The van der Waals surface area contributed by atoms with Crippen LogP contribution in [0.3, 0.4) is 0 Å². The van der Waals surface area contributed by atoms with Crippen molar-refractivity contribution in [2.75, 3.05) is 25.0 Å². The molecule has 0 saturated carbocycles. The smallest absolute Gasteiger partial charge is 0.255 e. The molecule has 0 bridgehead atoms. The number of piperidine rings is 1. The Kier molecular flexibility index (Phi) is 7.57. The van der Waals surface area contributed by atoms with Crippen molar-refractivity contribution in [3.8, 4) is 0 Å². The van der Waals surface area contributed by atoms with Crippen LogP contribution in [0.2, 0.25) is 0 Å². The summed E-state index contributed by atoms with van der Waals surface area (Å²) in [5.74, 6) is -1.22. The molecular weight excluding hydrogens is 421 g/mol. The van der Waals surface area contributed by atoms with Crippen LogP contribution < -0.4 is 21.3 Å². The molecule has 3 rings (SSSR count). The van der Waals surface area contributed by atoms with E-state index in [1.54, 1.807) is 18.2 Å². The van der Waals surface area contributed by atoms with Gasteiger partial charge in [0.05, 0.1) is 6.54 Å². The van der Waals surface area contributed by atoms with Crippen molar-refractivity contribution in [2.45, 2.75) is 38.3 Å².